The van der Waals surface area contributed by atoms with Crippen LogP contribution in [0.1, 0.15) is 28.8 Å². The van der Waals surface area contributed by atoms with Crippen molar-refractivity contribution in [1.29, 1.82) is 0 Å². The third-order valence-corrected chi connectivity index (χ3v) is 3.12. The number of nitrogens with one attached hydrogen (secondary N) is 2. The van der Waals surface area contributed by atoms with Crippen molar-refractivity contribution < 1.29 is 19.1 Å². The average molecular weight is 290 g/mol. The molecule has 0 aromatic heterocycles. The molecule has 1 aromatic rings. The molecule has 1 aliphatic heterocycles. The number of aliphatic hydroxyl groups is 1. The molecule has 2 amide bonds. The van der Waals surface area contributed by atoms with Gasteiger partial charge in [0.15, 0.2) is 0 Å². The first-order chi connectivity index (χ1) is 10.1. The molecule has 1 atom stereocenters. The monoisotopic (exact) mass is 290 g/mol. The second-order valence-electron chi connectivity index (χ2n) is 4.61. The van der Waals surface area contributed by atoms with Gasteiger partial charge in [-0.3, -0.25) is 9.59 Å². The van der Waals surface area contributed by atoms with Crippen molar-refractivity contribution in [3.05, 3.63) is 35.1 Å². The highest BCUT2D eigenvalue weighted by Crippen LogP contribution is 2.11. The Morgan fingerprint density at radius 1 is 1.52 bits per heavy atom. The van der Waals surface area contributed by atoms with Gasteiger partial charge in [-0.25, -0.2) is 4.39 Å². The van der Waals surface area contributed by atoms with Gasteiger partial charge in [0, 0.05) is 12.1 Å². The molecule has 2 rings (SSSR count). The van der Waals surface area contributed by atoms with Crippen LogP contribution in [-0.2, 0) is 4.79 Å². The topological polar surface area (TPSA) is 78.4 Å². The van der Waals surface area contributed by atoms with Crippen molar-refractivity contribution >= 4 is 11.8 Å². The third-order valence-electron chi connectivity index (χ3n) is 3.12. The fourth-order valence-electron chi connectivity index (χ4n) is 2.06. The largest absolute Gasteiger partial charge is 0.384 e. The molecule has 1 aromatic carbocycles. The van der Waals surface area contributed by atoms with Gasteiger partial charge < -0.3 is 15.7 Å². The number of hydrogen-bond acceptors (Lipinski definition) is 3. The van der Waals surface area contributed by atoms with Crippen LogP contribution in [0.15, 0.2) is 18.2 Å². The molecular formula is C15H15FN2O3. The van der Waals surface area contributed by atoms with Crippen molar-refractivity contribution in [2.24, 2.45) is 0 Å². The maximum absolute atomic E-state index is 13.9. The number of rotatable bonds is 2. The number of piperidine rings is 1. The predicted molar refractivity (Wildman–Crippen MR) is 73.9 cm³/mol. The van der Waals surface area contributed by atoms with E-state index in [-0.39, 0.29) is 18.1 Å². The zero-order chi connectivity index (χ0) is 15.2. The number of aliphatic hydroxyl groups excluding tert-OH is 1. The molecule has 5 nitrogen and oxygen atoms in total. The van der Waals surface area contributed by atoms with Crippen molar-refractivity contribution in [2.75, 3.05) is 13.2 Å². The average Bonchev–Trinajstić information content (AvgIpc) is 2.47. The maximum atomic E-state index is 13.9. The van der Waals surface area contributed by atoms with E-state index in [0.29, 0.717) is 18.5 Å². The molecule has 0 saturated carbocycles. The Morgan fingerprint density at radius 3 is 3.00 bits per heavy atom. The molecule has 1 aliphatic rings. The van der Waals surface area contributed by atoms with Gasteiger partial charge in [-0.1, -0.05) is 11.8 Å². The lowest BCUT2D eigenvalue weighted by Gasteiger charge is -2.22. The molecule has 3 N–H and O–H groups in total. The quantitative estimate of drug-likeness (QED) is 0.680. The Kier molecular flexibility index (Phi) is 4.90. The van der Waals surface area contributed by atoms with Crippen LogP contribution in [0.4, 0.5) is 4.39 Å². The summed E-state index contributed by atoms with van der Waals surface area (Å²) in [5, 5.41) is 13.7. The van der Waals surface area contributed by atoms with Gasteiger partial charge in [0.05, 0.1) is 5.56 Å². The van der Waals surface area contributed by atoms with Gasteiger partial charge in [0.2, 0.25) is 5.91 Å². The van der Waals surface area contributed by atoms with Crippen LogP contribution >= 0.6 is 0 Å². The number of amides is 2. The summed E-state index contributed by atoms with van der Waals surface area (Å²) in [4.78, 5) is 23.6. The van der Waals surface area contributed by atoms with E-state index in [1.54, 1.807) is 0 Å². The van der Waals surface area contributed by atoms with Crippen LogP contribution in [0.3, 0.4) is 0 Å². The fourth-order valence-corrected chi connectivity index (χ4v) is 2.06. The van der Waals surface area contributed by atoms with E-state index >= 15 is 0 Å². The molecule has 1 fully saturated rings. The molecule has 0 radical (unpaired) electrons. The van der Waals surface area contributed by atoms with Crippen LogP contribution in [0.5, 0.6) is 0 Å². The van der Waals surface area contributed by atoms with E-state index in [9.17, 15) is 14.0 Å². The lowest BCUT2D eigenvalue weighted by atomic mass is 10.1. The van der Waals surface area contributed by atoms with E-state index in [1.807, 2.05) is 0 Å². The number of halogens is 1. The Hall–Kier alpha value is -2.39. The Labute approximate surface area is 121 Å². The minimum absolute atomic E-state index is 0.136. The minimum Gasteiger partial charge on any atom is -0.384 e. The Balaban J connectivity index is 2.10. The van der Waals surface area contributed by atoms with Crippen molar-refractivity contribution in [2.45, 2.75) is 18.9 Å². The molecule has 21 heavy (non-hydrogen) atoms. The van der Waals surface area contributed by atoms with Crippen LogP contribution in [-0.4, -0.2) is 36.1 Å². The molecule has 0 bridgehead atoms. The highest BCUT2D eigenvalue weighted by atomic mass is 19.1. The Morgan fingerprint density at radius 2 is 2.33 bits per heavy atom. The van der Waals surface area contributed by atoms with E-state index in [1.165, 1.54) is 12.1 Å². The van der Waals surface area contributed by atoms with Gasteiger partial charge in [-0.2, -0.15) is 0 Å². The van der Waals surface area contributed by atoms with E-state index in [0.717, 1.165) is 12.5 Å². The number of benzene rings is 1. The molecule has 0 aliphatic carbocycles. The summed E-state index contributed by atoms with van der Waals surface area (Å²) in [6, 6.07) is 3.30. The standard InChI is InChI=1S/C15H15FN2O3/c16-12-9-10(3-2-8-19)5-6-11(12)14(20)18-13-4-1-7-17-15(13)21/h5-6,9,13,19H,1,4,7-8H2,(H,17,21)(H,18,20). The summed E-state index contributed by atoms with van der Waals surface area (Å²) in [5.74, 6) is 3.36. The smallest absolute Gasteiger partial charge is 0.254 e. The number of carbonyl (C=O) groups excluding carboxylic acids is 2. The second kappa shape index (κ2) is 6.86. The van der Waals surface area contributed by atoms with Crippen LogP contribution in [0, 0.1) is 17.7 Å². The lowest BCUT2D eigenvalue weighted by molar-refractivity contribution is -0.124. The Bertz CT molecular complexity index is 619. The van der Waals surface area contributed by atoms with Crippen LogP contribution < -0.4 is 10.6 Å². The zero-order valence-corrected chi connectivity index (χ0v) is 11.3. The summed E-state index contributed by atoms with van der Waals surface area (Å²) >= 11 is 0. The SMILES string of the molecule is O=C(NC1CCCNC1=O)c1ccc(C#CCO)cc1F. The van der Waals surface area contributed by atoms with Crippen LogP contribution in [0.2, 0.25) is 0 Å². The van der Waals surface area contributed by atoms with Crippen molar-refractivity contribution in [3.8, 4) is 11.8 Å². The summed E-state index contributed by atoms with van der Waals surface area (Å²) in [7, 11) is 0. The highest BCUT2D eigenvalue weighted by Gasteiger charge is 2.25. The van der Waals surface area contributed by atoms with Gasteiger partial charge in [-0.15, -0.1) is 0 Å². The first-order valence-electron chi connectivity index (χ1n) is 6.59. The normalized spacial score (nSPS) is 17.4. The van der Waals surface area contributed by atoms with E-state index in [2.05, 4.69) is 22.5 Å². The van der Waals surface area contributed by atoms with E-state index in [4.69, 9.17) is 5.11 Å². The minimum atomic E-state index is -0.714. The summed E-state index contributed by atoms with van der Waals surface area (Å²) in [5.41, 5.74) is 0.233. The molecule has 110 valence electrons. The fraction of sp³-hybridized carbons (Fsp3) is 0.333. The summed E-state index contributed by atoms with van der Waals surface area (Å²) < 4.78 is 13.9. The van der Waals surface area contributed by atoms with Gasteiger partial charge >= 0.3 is 0 Å². The van der Waals surface area contributed by atoms with Gasteiger partial charge in [-0.05, 0) is 31.0 Å². The van der Waals surface area contributed by atoms with E-state index < -0.39 is 17.8 Å². The maximum Gasteiger partial charge on any atom is 0.254 e. The lowest BCUT2D eigenvalue weighted by Crippen LogP contribution is -2.50. The van der Waals surface area contributed by atoms with Crippen molar-refractivity contribution in [1.82, 2.24) is 10.6 Å². The molecule has 1 heterocycles. The van der Waals surface area contributed by atoms with Gasteiger partial charge in [0.25, 0.3) is 5.91 Å². The van der Waals surface area contributed by atoms with Crippen LogP contribution in [0.25, 0.3) is 0 Å². The summed E-state index contributed by atoms with van der Waals surface area (Å²) in [6.07, 6.45) is 1.31. The molecule has 1 unspecified atom stereocenters. The second-order valence-corrected chi connectivity index (χ2v) is 4.61. The number of hydrogen-bond donors (Lipinski definition) is 3. The van der Waals surface area contributed by atoms with Gasteiger partial charge in [0.1, 0.15) is 18.5 Å². The first-order valence-corrected chi connectivity index (χ1v) is 6.59. The zero-order valence-electron chi connectivity index (χ0n) is 11.3. The molecule has 1 saturated heterocycles. The molecule has 6 heteroatoms. The summed E-state index contributed by atoms with van der Waals surface area (Å²) in [6.45, 7) is 0.276. The number of carbonyl (C=O) groups is 2. The predicted octanol–water partition coefficient (Wildman–Crippen LogP) is 0.178. The van der Waals surface area contributed by atoms with Crippen molar-refractivity contribution in [3.63, 3.8) is 0 Å². The third kappa shape index (κ3) is 3.80. The highest BCUT2D eigenvalue weighted by molar-refractivity contribution is 5.98. The first kappa shape index (κ1) is 15.0. The molecular weight excluding hydrogens is 275 g/mol. The molecule has 0 spiro atoms.